The second-order valence-electron chi connectivity index (χ2n) is 22.3. The number of nitrogens with one attached hydrogen (secondary N) is 2. The van der Waals surface area contributed by atoms with Crippen LogP contribution in [0.2, 0.25) is 0 Å². The van der Waals surface area contributed by atoms with Crippen molar-refractivity contribution in [2.24, 2.45) is 17.8 Å². The fourth-order valence-corrected chi connectivity index (χ4v) is 12.8. The normalized spacial score (nSPS) is 41.0. The molecule has 4 aliphatic rings. The number of carbonyl (C=O) groups is 1. The minimum Gasteiger partial charge on any atom is -0.483 e. The molecule has 4 saturated heterocycles. The van der Waals surface area contributed by atoms with Gasteiger partial charge in [-0.3, -0.25) is 9.52 Å². The van der Waals surface area contributed by atoms with Crippen LogP contribution in [-0.4, -0.2) is 174 Å². The van der Waals surface area contributed by atoms with E-state index in [2.05, 4.69) is 14.9 Å². The molecule has 0 aliphatic carbocycles. The van der Waals surface area contributed by atoms with Crippen LogP contribution in [0.1, 0.15) is 114 Å². The number of hydrogen-bond acceptors (Lipinski definition) is 16. The molecule has 2 aromatic carbocycles. The third kappa shape index (κ3) is 13.8. The van der Waals surface area contributed by atoms with Crippen LogP contribution >= 0.6 is 0 Å². The van der Waals surface area contributed by atoms with Crippen LogP contribution in [0.4, 0.5) is 5.69 Å². The summed E-state index contributed by atoms with van der Waals surface area (Å²) in [5.41, 5.74) is -5.88. The van der Waals surface area contributed by atoms with E-state index in [1.807, 2.05) is 26.8 Å². The molecule has 4 heterocycles. The van der Waals surface area contributed by atoms with E-state index < -0.39 is 118 Å². The van der Waals surface area contributed by atoms with Crippen molar-refractivity contribution in [2.45, 2.75) is 204 Å². The van der Waals surface area contributed by atoms with Crippen LogP contribution in [0.15, 0.2) is 60.7 Å². The number of piperidine rings is 1. The number of benzene rings is 2. The second kappa shape index (κ2) is 24.5. The number of cyclic esters (lactones) is 1. The monoisotopic (exact) mass is 1050 g/mol. The summed E-state index contributed by atoms with van der Waals surface area (Å²) < 4.78 is 79.1. The van der Waals surface area contributed by atoms with Crippen LogP contribution in [0.25, 0.3) is 0 Å². The predicted octanol–water partition coefficient (Wildman–Crippen LogP) is 5.23. The topological polar surface area (TPSA) is 227 Å². The van der Waals surface area contributed by atoms with E-state index in [0.717, 1.165) is 32.4 Å². The Morgan fingerprint density at radius 1 is 0.877 bits per heavy atom. The maximum Gasteiger partial charge on any atom is 0.311 e. The Hall–Kier alpha value is -3.02. The number of para-hydroxylation sites is 2. The van der Waals surface area contributed by atoms with Gasteiger partial charge in [-0.2, -0.15) is 12.7 Å². The summed E-state index contributed by atoms with van der Waals surface area (Å²) in [7, 11) is -1.17. The molecule has 19 heteroatoms. The van der Waals surface area contributed by atoms with Crippen molar-refractivity contribution in [2.75, 3.05) is 45.1 Å². The van der Waals surface area contributed by atoms with Gasteiger partial charge in [-0.15, -0.1) is 0 Å². The van der Waals surface area contributed by atoms with Gasteiger partial charge < -0.3 is 63.8 Å². The summed E-state index contributed by atoms with van der Waals surface area (Å²) in [5, 5.41) is 52.5. The number of aliphatic hydroxyl groups is 4. The van der Waals surface area contributed by atoms with E-state index in [1.165, 1.54) is 18.3 Å². The first-order chi connectivity index (χ1) is 34.3. The van der Waals surface area contributed by atoms with Gasteiger partial charge in [0.05, 0.1) is 42.0 Å². The lowest BCUT2D eigenvalue weighted by molar-refractivity contribution is -0.338. The van der Waals surface area contributed by atoms with Crippen molar-refractivity contribution in [3.05, 3.63) is 60.7 Å². The minimum atomic E-state index is -4.21. The largest absolute Gasteiger partial charge is 0.483 e. The number of esters is 1. The number of rotatable bonds is 14. The second-order valence-corrected chi connectivity index (χ2v) is 24.0. The quantitative estimate of drug-likeness (QED) is 0.133. The molecule has 73 heavy (non-hydrogen) atoms. The lowest BCUT2D eigenvalue weighted by Gasteiger charge is -2.55. The number of likely N-dealkylation sites (tertiary alicyclic amines) is 1. The molecule has 6 rings (SSSR count). The Balaban J connectivity index is 1.44. The number of ether oxygens (including phenoxy) is 7. The molecule has 18 nitrogen and oxygen atoms in total. The van der Waals surface area contributed by atoms with Gasteiger partial charge in [0.25, 0.3) is 0 Å². The molecule has 0 saturated carbocycles. The van der Waals surface area contributed by atoms with E-state index in [4.69, 9.17) is 33.2 Å². The first-order valence-corrected chi connectivity index (χ1v) is 27.9. The molecule has 0 spiro atoms. The molecule has 18 atom stereocenters. The zero-order chi connectivity index (χ0) is 53.7. The van der Waals surface area contributed by atoms with Gasteiger partial charge in [-0.1, -0.05) is 63.6 Å². The van der Waals surface area contributed by atoms with Gasteiger partial charge in [0, 0.05) is 44.8 Å². The molecule has 2 aromatic rings. The maximum absolute atomic E-state index is 14.8. The number of hydrogen-bond donors (Lipinski definition) is 6. The number of carbonyl (C=O) groups excluding carboxylic acids is 1. The summed E-state index contributed by atoms with van der Waals surface area (Å²) in [6.45, 7) is 19.7. The number of likely N-dealkylation sites (N-methyl/N-ethyl adjacent to an activating group) is 1. The van der Waals surface area contributed by atoms with Gasteiger partial charge in [0.15, 0.2) is 18.7 Å². The highest BCUT2D eigenvalue weighted by Crippen LogP contribution is 2.44. The Morgan fingerprint density at radius 2 is 1.51 bits per heavy atom. The summed E-state index contributed by atoms with van der Waals surface area (Å²) in [4.78, 5) is 17.0. The number of β-amino-alcohol motifs (C(OH)–C–C–N with tert-alkyl or cyclic N) is 1. The predicted molar refractivity (Wildman–Crippen MR) is 277 cm³/mol. The lowest BCUT2D eigenvalue weighted by atomic mass is 9.74. The van der Waals surface area contributed by atoms with Gasteiger partial charge in [-0.05, 0) is 130 Å². The third-order valence-corrected chi connectivity index (χ3v) is 17.8. The number of nitrogens with zero attached hydrogens (tertiary/aromatic N) is 2. The SMILES string of the molecule is CCC1OC(=O)C(C)C(O[C@H]2C[C@@](C)(OC)[C@](O)(CN3CCCCC3)[C@H](C)O2)C(C)C(O[C@H]2O[C@@H](C)C[C@@H](N(C)S(=O)(=O)Nc3ccccc3)[C@@H]2Oc2ccccc2)C(C)(O)CC(C)CNC(C)C(O)C1(C)O. The lowest BCUT2D eigenvalue weighted by Crippen LogP contribution is -2.70. The highest BCUT2D eigenvalue weighted by atomic mass is 32.2. The van der Waals surface area contributed by atoms with Crippen molar-refractivity contribution in [3.8, 4) is 5.75 Å². The highest BCUT2D eigenvalue weighted by molar-refractivity contribution is 7.90. The van der Waals surface area contributed by atoms with Crippen LogP contribution in [-0.2, 0) is 43.4 Å². The van der Waals surface area contributed by atoms with Crippen molar-refractivity contribution in [3.63, 3.8) is 0 Å². The summed E-state index contributed by atoms with van der Waals surface area (Å²) in [6.07, 6.45) is -6.06. The van der Waals surface area contributed by atoms with E-state index >= 15 is 0 Å². The fourth-order valence-electron chi connectivity index (χ4n) is 11.7. The fraction of sp³-hybridized carbons (Fsp3) is 0.759. The zero-order valence-corrected chi connectivity index (χ0v) is 46.1. The van der Waals surface area contributed by atoms with Crippen LogP contribution in [0, 0.1) is 17.8 Å². The first-order valence-electron chi connectivity index (χ1n) is 26.5. The molecular weight excluding hydrogens is 961 g/mol. The van der Waals surface area contributed by atoms with Gasteiger partial charge >= 0.3 is 16.2 Å². The molecule has 0 amide bonds. The Bertz CT molecular complexity index is 2160. The number of aliphatic hydroxyl groups excluding tert-OH is 1. The number of anilines is 1. The Kier molecular flexibility index (Phi) is 19.9. The standard InChI is InChI=1S/C54H88N4O14S/c1-13-43-53(10,62)47(59)38(6)55-32-34(2)30-51(8,61)48(36(4)45(37(5)49(60)70-43)71-44-31-52(9,66-12)54(63,39(7)68-44)33-58-27-21-16-22-28-58)72-50-46(69-41-25-19-15-20-26-41)42(29-35(3)67-50)57(11)73(64,65)56-40-23-17-14-18-24-40/h14-15,17-20,23-26,34-39,42-48,50,55-56,59,61-63H,13,16,21-22,27-33H2,1-12H3/t34?,35-,36?,37?,38?,39-,42+,43?,44-,45?,46-,47?,48?,50+,51?,52+,53?,54-/m0/s1. The van der Waals surface area contributed by atoms with Crippen molar-refractivity contribution < 1.29 is 66.8 Å². The highest BCUT2D eigenvalue weighted by Gasteiger charge is 2.59. The third-order valence-electron chi connectivity index (χ3n) is 16.3. The molecule has 0 aromatic heterocycles. The molecule has 4 aliphatic heterocycles. The molecule has 0 bridgehead atoms. The van der Waals surface area contributed by atoms with Crippen LogP contribution in [0.3, 0.4) is 0 Å². The minimum absolute atomic E-state index is 0.0555. The van der Waals surface area contributed by atoms with Gasteiger partial charge in [-0.25, -0.2) is 0 Å². The molecule has 0 radical (unpaired) electrons. The van der Waals surface area contributed by atoms with E-state index in [1.54, 1.807) is 103 Å². The first kappa shape index (κ1) is 59.2. The van der Waals surface area contributed by atoms with Crippen LogP contribution < -0.4 is 14.8 Å². The van der Waals surface area contributed by atoms with E-state index in [-0.39, 0.29) is 31.6 Å². The van der Waals surface area contributed by atoms with E-state index in [0.29, 0.717) is 24.5 Å². The maximum atomic E-state index is 14.8. The van der Waals surface area contributed by atoms with Crippen LogP contribution in [0.5, 0.6) is 5.75 Å². The summed E-state index contributed by atoms with van der Waals surface area (Å²) in [6, 6.07) is 16.0. The van der Waals surface area contributed by atoms with Crippen molar-refractivity contribution in [1.29, 1.82) is 0 Å². The average molecular weight is 1050 g/mol. The van der Waals surface area contributed by atoms with Crippen molar-refractivity contribution >= 4 is 21.9 Å². The molecular formula is C54H88N4O14S. The van der Waals surface area contributed by atoms with Crippen molar-refractivity contribution in [1.82, 2.24) is 14.5 Å². The van der Waals surface area contributed by atoms with Gasteiger partial charge in [0.2, 0.25) is 0 Å². The molecule has 4 fully saturated rings. The summed E-state index contributed by atoms with van der Waals surface area (Å²) in [5.74, 6) is -2.63. The summed E-state index contributed by atoms with van der Waals surface area (Å²) >= 11 is 0. The molecule has 10 unspecified atom stereocenters. The smallest absolute Gasteiger partial charge is 0.311 e. The average Bonchev–Trinajstić information content (AvgIpc) is 3.35. The Labute approximate surface area is 434 Å². The molecule has 414 valence electrons. The number of methoxy groups -OCH3 is 1. The van der Waals surface area contributed by atoms with Gasteiger partial charge in [0.1, 0.15) is 34.8 Å². The zero-order valence-electron chi connectivity index (χ0n) is 45.3. The Morgan fingerprint density at radius 3 is 2.12 bits per heavy atom. The van der Waals surface area contributed by atoms with E-state index in [9.17, 15) is 33.6 Å². The molecule has 6 N–H and O–H groups in total.